The summed E-state index contributed by atoms with van der Waals surface area (Å²) in [7, 11) is 0. The number of halogens is 4. The summed E-state index contributed by atoms with van der Waals surface area (Å²) in [6.07, 6.45) is 0.414. The van der Waals surface area contributed by atoms with Crippen LogP contribution in [0.2, 0.25) is 0 Å². The predicted molar refractivity (Wildman–Crippen MR) is 139 cm³/mol. The van der Waals surface area contributed by atoms with Gasteiger partial charge < -0.3 is 19.8 Å². The summed E-state index contributed by atoms with van der Waals surface area (Å²) in [5, 5.41) is 3.45. The molecule has 3 rings (SSSR count). The van der Waals surface area contributed by atoms with Crippen molar-refractivity contribution in [1.82, 2.24) is 10.3 Å². The van der Waals surface area contributed by atoms with Crippen LogP contribution >= 0.6 is 12.4 Å². The molecule has 0 bridgehead atoms. The van der Waals surface area contributed by atoms with E-state index in [0.29, 0.717) is 36.2 Å². The Morgan fingerprint density at radius 2 is 1.76 bits per heavy atom. The van der Waals surface area contributed by atoms with E-state index >= 15 is 0 Å². The summed E-state index contributed by atoms with van der Waals surface area (Å²) in [6, 6.07) is 4.16. The Hall–Kier alpha value is -2.42. The number of hydrogen-bond acceptors (Lipinski definition) is 4. The lowest BCUT2D eigenvalue weighted by molar-refractivity contribution is -0.274. The van der Waals surface area contributed by atoms with Crippen LogP contribution in [0.3, 0.4) is 0 Å². The van der Waals surface area contributed by atoms with Crippen LogP contribution in [0.15, 0.2) is 18.2 Å². The predicted octanol–water partition coefficient (Wildman–Crippen LogP) is 6.77. The molecule has 0 atom stereocenters. The molecule has 0 saturated heterocycles. The first-order chi connectivity index (χ1) is 16.8. The zero-order valence-electron chi connectivity index (χ0n) is 21.9. The maximum Gasteiger partial charge on any atom is 0.573 e. The van der Waals surface area contributed by atoms with Crippen molar-refractivity contribution < 1.29 is 32.2 Å². The van der Waals surface area contributed by atoms with Gasteiger partial charge in [-0.05, 0) is 80.5 Å². The van der Waals surface area contributed by atoms with E-state index in [4.69, 9.17) is 4.74 Å². The zero-order valence-corrected chi connectivity index (χ0v) is 22.7. The van der Waals surface area contributed by atoms with Crippen LogP contribution in [-0.2, 0) is 20.7 Å². The van der Waals surface area contributed by atoms with Crippen LogP contribution < -0.4 is 10.1 Å². The first kappa shape index (κ1) is 30.8. The number of rotatable bonds is 9. The minimum Gasteiger partial charge on any atom is -0.462 e. The first-order valence-corrected chi connectivity index (χ1v) is 12.6. The van der Waals surface area contributed by atoms with Crippen LogP contribution in [0.1, 0.15) is 77.0 Å². The third-order valence-corrected chi connectivity index (χ3v) is 7.00. The number of carbonyl (C=O) groups is 2. The van der Waals surface area contributed by atoms with E-state index in [9.17, 15) is 22.8 Å². The van der Waals surface area contributed by atoms with Gasteiger partial charge in [0.05, 0.1) is 0 Å². The van der Waals surface area contributed by atoms with Crippen molar-refractivity contribution in [2.45, 2.75) is 91.5 Å². The molecule has 2 aromatic rings. The highest BCUT2D eigenvalue weighted by molar-refractivity contribution is 5.86. The van der Waals surface area contributed by atoms with Crippen molar-refractivity contribution in [1.29, 1.82) is 0 Å². The zero-order chi connectivity index (χ0) is 26.5. The van der Waals surface area contributed by atoms with Gasteiger partial charge in [-0.3, -0.25) is 9.59 Å². The third-order valence-electron chi connectivity index (χ3n) is 7.00. The monoisotopic (exact) mass is 546 g/mol. The molecule has 6 nitrogen and oxygen atoms in total. The number of esters is 1. The second-order valence-corrected chi connectivity index (χ2v) is 10.8. The van der Waals surface area contributed by atoms with Gasteiger partial charge in [-0.2, -0.15) is 0 Å². The van der Waals surface area contributed by atoms with E-state index in [1.807, 2.05) is 6.92 Å². The molecule has 0 radical (unpaired) electrons. The van der Waals surface area contributed by atoms with Crippen LogP contribution in [0.25, 0.3) is 10.9 Å². The number of H-pyrrole nitrogens is 1. The molecule has 0 spiro atoms. The molecule has 0 unspecified atom stereocenters. The number of amides is 1. The molecule has 10 heteroatoms. The number of nitrogens with one attached hydrogen (secondary N) is 2. The van der Waals surface area contributed by atoms with Gasteiger partial charge in [-0.25, -0.2) is 0 Å². The van der Waals surface area contributed by atoms with Gasteiger partial charge in [0, 0.05) is 36.0 Å². The van der Waals surface area contributed by atoms with Gasteiger partial charge in [-0.1, -0.05) is 20.8 Å². The maximum atomic E-state index is 12.6. The van der Waals surface area contributed by atoms with E-state index in [0.717, 1.165) is 36.9 Å². The maximum absolute atomic E-state index is 12.6. The molecular weight excluding hydrogens is 509 g/mol. The van der Waals surface area contributed by atoms with Gasteiger partial charge >= 0.3 is 12.3 Å². The fraction of sp³-hybridized carbons (Fsp3) is 0.630. The Kier molecular flexibility index (Phi) is 10.7. The molecule has 208 valence electrons. The highest BCUT2D eigenvalue weighted by atomic mass is 35.5. The molecule has 1 aromatic carbocycles. The van der Waals surface area contributed by atoms with Gasteiger partial charge in [0.15, 0.2) is 0 Å². The standard InChI is InChI=1S/C27H37F3N2O4.ClH/c1-17-21(22-16-20(36-27(28,29)30)12-13-23(22)32-17)14-15-31-24(33)6-5-7-25(34)35-19-10-8-18(9-11-19)26(2,3)4;/h12-13,16,18-19,32H,5-11,14-15H2,1-4H3,(H,31,33);1H. The number of aryl methyl sites for hydroxylation is 1. The van der Waals surface area contributed by atoms with Crippen molar-refractivity contribution in [3.8, 4) is 5.75 Å². The Morgan fingerprint density at radius 3 is 2.38 bits per heavy atom. The van der Waals surface area contributed by atoms with Crippen molar-refractivity contribution in [2.75, 3.05) is 6.54 Å². The van der Waals surface area contributed by atoms with E-state index in [1.165, 1.54) is 12.1 Å². The highest BCUT2D eigenvalue weighted by Crippen LogP contribution is 2.38. The molecule has 1 amide bonds. The molecule has 1 aromatic heterocycles. The fourth-order valence-electron chi connectivity index (χ4n) is 4.98. The number of aromatic nitrogens is 1. The normalized spacial score (nSPS) is 18.2. The lowest BCUT2D eigenvalue weighted by Gasteiger charge is -2.36. The Bertz CT molecular complexity index is 1050. The average molecular weight is 547 g/mol. The van der Waals surface area contributed by atoms with Crippen LogP contribution in [0.4, 0.5) is 13.2 Å². The SMILES string of the molecule is Cc1[nH]c2ccc(OC(F)(F)F)cc2c1CCNC(=O)CCCC(=O)OC1CCC(C(C)(C)C)CC1.Cl. The number of fused-ring (bicyclic) bond motifs is 1. The van der Waals surface area contributed by atoms with E-state index in [-0.39, 0.29) is 54.4 Å². The minimum absolute atomic E-state index is 0. The molecular formula is C27H38ClF3N2O4. The Morgan fingerprint density at radius 1 is 1.08 bits per heavy atom. The van der Waals surface area contributed by atoms with E-state index < -0.39 is 6.36 Å². The molecule has 1 heterocycles. The van der Waals surface area contributed by atoms with Gasteiger partial charge in [0.2, 0.25) is 5.91 Å². The summed E-state index contributed by atoms with van der Waals surface area (Å²) in [4.78, 5) is 27.5. The Balaban J connectivity index is 0.00000481. The summed E-state index contributed by atoms with van der Waals surface area (Å²) in [6.45, 7) is 8.92. The van der Waals surface area contributed by atoms with Crippen molar-refractivity contribution in [2.24, 2.45) is 11.3 Å². The van der Waals surface area contributed by atoms with Crippen LogP contribution in [0.5, 0.6) is 5.75 Å². The molecule has 1 aliphatic rings. The largest absolute Gasteiger partial charge is 0.573 e. The average Bonchev–Trinajstić information content (AvgIpc) is 3.07. The molecule has 1 aliphatic carbocycles. The second-order valence-electron chi connectivity index (χ2n) is 10.8. The third kappa shape index (κ3) is 9.43. The van der Waals surface area contributed by atoms with Crippen molar-refractivity contribution in [3.05, 3.63) is 29.5 Å². The number of benzene rings is 1. The van der Waals surface area contributed by atoms with E-state index in [2.05, 4.69) is 35.8 Å². The lowest BCUT2D eigenvalue weighted by atomic mass is 9.72. The fourth-order valence-corrected chi connectivity index (χ4v) is 4.98. The second kappa shape index (κ2) is 12.9. The summed E-state index contributed by atoms with van der Waals surface area (Å²) < 4.78 is 47.3. The molecule has 1 saturated carbocycles. The number of ether oxygens (including phenoxy) is 2. The van der Waals surface area contributed by atoms with Crippen molar-refractivity contribution >= 4 is 35.2 Å². The lowest BCUT2D eigenvalue weighted by Crippen LogP contribution is -2.30. The topological polar surface area (TPSA) is 80.4 Å². The molecule has 37 heavy (non-hydrogen) atoms. The number of alkyl halides is 3. The number of hydrogen-bond donors (Lipinski definition) is 2. The molecule has 0 aliphatic heterocycles. The molecule has 2 N–H and O–H groups in total. The number of carbonyl (C=O) groups excluding carboxylic acids is 2. The van der Waals surface area contributed by atoms with Crippen LogP contribution in [-0.4, -0.2) is 35.9 Å². The van der Waals surface area contributed by atoms with Gasteiger partial charge in [0.25, 0.3) is 0 Å². The summed E-state index contributed by atoms with van der Waals surface area (Å²) in [5.74, 6) is -0.0618. The Labute approximate surface area is 222 Å². The van der Waals surface area contributed by atoms with Gasteiger partial charge in [-0.15, -0.1) is 25.6 Å². The van der Waals surface area contributed by atoms with Crippen LogP contribution in [0, 0.1) is 18.3 Å². The first-order valence-electron chi connectivity index (χ1n) is 12.6. The smallest absolute Gasteiger partial charge is 0.462 e. The number of aromatic amines is 1. The molecule has 1 fully saturated rings. The highest BCUT2D eigenvalue weighted by Gasteiger charge is 2.32. The van der Waals surface area contributed by atoms with Gasteiger partial charge in [0.1, 0.15) is 11.9 Å². The summed E-state index contributed by atoms with van der Waals surface area (Å²) in [5.41, 5.74) is 2.62. The van der Waals surface area contributed by atoms with Crippen molar-refractivity contribution in [3.63, 3.8) is 0 Å². The van der Waals surface area contributed by atoms with E-state index in [1.54, 1.807) is 6.07 Å². The quantitative estimate of drug-likeness (QED) is 0.340. The summed E-state index contributed by atoms with van der Waals surface area (Å²) >= 11 is 0. The minimum atomic E-state index is -4.76.